The minimum atomic E-state index is 0.604. The largest absolute Gasteiger partial charge is 0.380 e. The molecular weight excluding hydrogens is 377 g/mol. The summed E-state index contributed by atoms with van der Waals surface area (Å²) in [6.07, 6.45) is 2.47. The van der Waals surface area contributed by atoms with E-state index in [2.05, 4.69) is 51.1 Å². The molecular formula is C16H18IN3O. The Morgan fingerprint density at radius 3 is 2.81 bits per heavy atom. The van der Waals surface area contributed by atoms with Crippen molar-refractivity contribution in [2.45, 2.75) is 25.4 Å². The van der Waals surface area contributed by atoms with E-state index in [1.165, 1.54) is 18.5 Å². The smallest absolute Gasteiger partial charge is 0.161 e. The lowest BCUT2D eigenvalue weighted by Crippen LogP contribution is -2.05. The van der Waals surface area contributed by atoms with Crippen LogP contribution in [0.25, 0.3) is 11.4 Å². The van der Waals surface area contributed by atoms with Crippen LogP contribution < -0.4 is 5.32 Å². The summed E-state index contributed by atoms with van der Waals surface area (Å²) in [6, 6.07) is 8.24. The Bertz CT molecular complexity index is 656. The second kappa shape index (κ2) is 6.27. The molecule has 1 aromatic carbocycles. The first kappa shape index (κ1) is 14.7. The summed E-state index contributed by atoms with van der Waals surface area (Å²) >= 11 is 2.34. The van der Waals surface area contributed by atoms with Crippen molar-refractivity contribution >= 4 is 28.4 Å². The molecule has 2 aromatic rings. The lowest BCUT2D eigenvalue weighted by atomic mass is 10.1. The van der Waals surface area contributed by atoms with Gasteiger partial charge in [-0.15, -0.1) is 0 Å². The number of nitrogens with one attached hydrogen (secondary N) is 1. The molecule has 21 heavy (non-hydrogen) atoms. The quantitative estimate of drug-likeness (QED) is 0.783. The number of nitrogens with zero attached hydrogens (tertiary/aromatic N) is 2. The molecule has 0 radical (unpaired) electrons. The summed E-state index contributed by atoms with van der Waals surface area (Å²) in [5.41, 5.74) is 3.36. The van der Waals surface area contributed by atoms with Crippen molar-refractivity contribution in [2.24, 2.45) is 0 Å². The first-order valence-electron chi connectivity index (χ1n) is 7.06. The third-order valence-electron chi connectivity index (χ3n) is 3.57. The second-order valence-electron chi connectivity index (χ2n) is 5.25. The minimum absolute atomic E-state index is 0.604. The van der Waals surface area contributed by atoms with Gasteiger partial charge in [0.15, 0.2) is 5.82 Å². The first-order chi connectivity index (χ1) is 10.2. The van der Waals surface area contributed by atoms with Crippen LogP contribution in [0.1, 0.15) is 30.0 Å². The molecule has 0 amide bonds. The Kier molecular flexibility index (Phi) is 4.40. The molecule has 4 nitrogen and oxygen atoms in total. The molecule has 1 N–H and O–H groups in total. The number of benzene rings is 1. The van der Waals surface area contributed by atoms with E-state index in [4.69, 9.17) is 9.72 Å². The molecule has 1 aliphatic rings. The van der Waals surface area contributed by atoms with E-state index in [0.29, 0.717) is 12.5 Å². The number of halogens is 1. The van der Waals surface area contributed by atoms with Crippen LogP contribution in [-0.2, 0) is 11.3 Å². The molecule has 0 bridgehead atoms. The number of aromatic nitrogens is 2. The van der Waals surface area contributed by atoms with Crippen LogP contribution >= 0.6 is 22.6 Å². The number of anilines is 1. The number of hydrogen-bond donors (Lipinski definition) is 1. The van der Waals surface area contributed by atoms with Crippen molar-refractivity contribution in [1.29, 1.82) is 0 Å². The number of rotatable bonds is 5. The van der Waals surface area contributed by atoms with Gasteiger partial charge in [-0.25, -0.2) is 9.97 Å². The lowest BCUT2D eigenvalue weighted by molar-refractivity contribution is 0.185. The van der Waals surface area contributed by atoms with Gasteiger partial charge in [0.1, 0.15) is 5.82 Å². The molecule has 0 aliphatic heterocycles. The zero-order chi connectivity index (χ0) is 14.8. The van der Waals surface area contributed by atoms with Crippen LogP contribution in [0.4, 0.5) is 5.82 Å². The molecule has 0 spiro atoms. The van der Waals surface area contributed by atoms with Crippen molar-refractivity contribution in [2.75, 3.05) is 19.5 Å². The first-order valence-corrected chi connectivity index (χ1v) is 8.14. The fourth-order valence-electron chi connectivity index (χ4n) is 2.35. The van der Waals surface area contributed by atoms with Crippen molar-refractivity contribution in [3.63, 3.8) is 0 Å². The van der Waals surface area contributed by atoms with Gasteiger partial charge in [0.25, 0.3) is 0 Å². The minimum Gasteiger partial charge on any atom is -0.380 e. The Morgan fingerprint density at radius 2 is 2.14 bits per heavy atom. The van der Waals surface area contributed by atoms with Crippen LogP contribution in [0.2, 0.25) is 0 Å². The fourth-order valence-corrected chi connectivity index (χ4v) is 3.30. The maximum Gasteiger partial charge on any atom is 0.161 e. The van der Waals surface area contributed by atoms with Gasteiger partial charge < -0.3 is 10.1 Å². The molecule has 110 valence electrons. The van der Waals surface area contributed by atoms with Gasteiger partial charge >= 0.3 is 0 Å². The normalized spacial score (nSPS) is 14.2. The lowest BCUT2D eigenvalue weighted by Gasteiger charge is -2.11. The molecule has 0 unspecified atom stereocenters. The highest BCUT2D eigenvalue weighted by Gasteiger charge is 2.29. The topological polar surface area (TPSA) is 47.0 Å². The third kappa shape index (κ3) is 3.18. The summed E-state index contributed by atoms with van der Waals surface area (Å²) in [7, 11) is 3.62. The second-order valence-corrected chi connectivity index (χ2v) is 6.33. The molecule has 0 saturated heterocycles. The monoisotopic (exact) mass is 395 g/mol. The van der Waals surface area contributed by atoms with Gasteiger partial charge in [-0.05, 0) is 47.1 Å². The highest BCUT2D eigenvalue weighted by atomic mass is 127. The molecule has 1 aromatic heterocycles. The van der Waals surface area contributed by atoms with E-state index in [1.54, 1.807) is 7.11 Å². The standard InChI is InChI=1S/C16H18IN3O/c1-18-16-13(17)14(11-6-7-11)19-15(20-16)12-5-3-4-10(8-12)9-21-2/h3-5,8,11H,6-7,9H2,1-2H3,(H,18,19,20). The third-order valence-corrected chi connectivity index (χ3v) is 4.64. The highest BCUT2D eigenvalue weighted by molar-refractivity contribution is 14.1. The number of ether oxygens (including phenoxy) is 1. The predicted octanol–water partition coefficient (Wildman–Crippen LogP) is 3.81. The van der Waals surface area contributed by atoms with Crippen LogP contribution in [0, 0.1) is 3.57 Å². The predicted molar refractivity (Wildman–Crippen MR) is 92.4 cm³/mol. The van der Waals surface area contributed by atoms with Crippen molar-refractivity contribution in [3.05, 3.63) is 39.1 Å². The van der Waals surface area contributed by atoms with E-state index < -0.39 is 0 Å². The molecule has 5 heteroatoms. The molecule has 1 fully saturated rings. The zero-order valence-electron chi connectivity index (χ0n) is 12.2. The van der Waals surface area contributed by atoms with E-state index in [-0.39, 0.29) is 0 Å². The van der Waals surface area contributed by atoms with Crippen molar-refractivity contribution in [1.82, 2.24) is 9.97 Å². The van der Waals surface area contributed by atoms with Crippen LogP contribution in [0.15, 0.2) is 24.3 Å². The molecule has 1 heterocycles. The fraction of sp³-hybridized carbons (Fsp3) is 0.375. The summed E-state index contributed by atoms with van der Waals surface area (Å²) in [6.45, 7) is 0.604. The van der Waals surface area contributed by atoms with Gasteiger partial charge in [0.2, 0.25) is 0 Å². The van der Waals surface area contributed by atoms with Crippen LogP contribution in [0.5, 0.6) is 0 Å². The van der Waals surface area contributed by atoms with E-state index >= 15 is 0 Å². The summed E-state index contributed by atoms with van der Waals surface area (Å²) in [5.74, 6) is 2.31. The maximum atomic E-state index is 5.20. The van der Waals surface area contributed by atoms with E-state index in [0.717, 1.165) is 26.3 Å². The Hall–Kier alpha value is -1.21. The van der Waals surface area contributed by atoms with Crippen molar-refractivity contribution < 1.29 is 4.74 Å². The summed E-state index contributed by atoms with van der Waals surface area (Å²) in [4.78, 5) is 9.48. The van der Waals surface area contributed by atoms with Gasteiger partial charge in [-0.3, -0.25) is 0 Å². The van der Waals surface area contributed by atoms with Gasteiger partial charge in [-0.2, -0.15) is 0 Å². The average Bonchev–Trinajstić information content (AvgIpc) is 3.33. The Morgan fingerprint density at radius 1 is 1.33 bits per heavy atom. The van der Waals surface area contributed by atoms with Gasteiger partial charge in [0.05, 0.1) is 15.9 Å². The van der Waals surface area contributed by atoms with Crippen molar-refractivity contribution in [3.8, 4) is 11.4 Å². The van der Waals surface area contributed by atoms with Crippen LogP contribution in [-0.4, -0.2) is 24.1 Å². The van der Waals surface area contributed by atoms with Gasteiger partial charge in [-0.1, -0.05) is 18.2 Å². The zero-order valence-corrected chi connectivity index (χ0v) is 14.3. The number of methoxy groups -OCH3 is 1. The molecule has 0 atom stereocenters. The Balaban J connectivity index is 2.05. The molecule has 1 saturated carbocycles. The van der Waals surface area contributed by atoms with Gasteiger partial charge in [0, 0.05) is 25.6 Å². The molecule has 3 rings (SSSR count). The van der Waals surface area contributed by atoms with Crippen LogP contribution in [0.3, 0.4) is 0 Å². The average molecular weight is 395 g/mol. The molecule has 1 aliphatic carbocycles. The highest BCUT2D eigenvalue weighted by Crippen LogP contribution is 2.42. The Labute approximate surface area is 138 Å². The SMILES string of the molecule is CNc1nc(-c2cccc(COC)c2)nc(C2CC2)c1I. The van der Waals surface area contributed by atoms with E-state index in [1.807, 2.05) is 13.1 Å². The maximum absolute atomic E-state index is 5.20. The summed E-state index contributed by atoms with van der Waals surface area (Å²) < 4.78 is 6.35. The summed E-state index contributed by atoms with van der Waals surface area (Å²) in [5, 5.41) is 3.18. The van der Waals surface area contributed by atoms with E-state index in [9.17, 15) is 0 Å². The number of hydrogen-bond acceptors (Lipinski definition) is 4.